The van der Waals surface area contributed by atoms with E-state index in [0.29, 0.717) is 18.8 Å². The number of thiazole rings is 1. The van der Waals surface area contributed by atoms with Gasteiger partial charge in [0.25, 0.3) is 5.91 Å². The number of carbonyl (C=O) groups is 1. The number of carbonyl (C=O) groups excluding carboxylic acids is 1. The van der Waals surface area contributed by atoms with E-state index in [4.69, 9.17) is 4.74 Å². The molecule has 0 radical (unpaired) electrons. The molecule has 1 saturated heterocycles. The maximum absolute atomic E-state index is 13.3. The molecular formula is C23H26N4O2S. The van der Waals surface area contributed by atoms with Crippen molar-refractivity contribution in [1.82, 2.24) is 19.8 Å². The van der Waals surface area contributed by atoms with Crippen molar-refractivity contribution in [2.75, 3.05) is 39.4 Å². The lowest BCUT2D eigenvalue weighted by Gasteiger charge is -2.28. The molecule has 0 bridgehead atoms. The van der Waals surface area contributed by atoms with E-state index in [2.05, 4.69) is 14.9 Å². The summed E-state index contributed by atoms with van der Waals surface area (Å²) in [6.45, 7) is 5.73. The molecule has 6 nitrogen and oxygen atoms in total. The molecule has 156 valence electrons. The Kier molecular flexibility index (Phi) is 7.18. The molecule has 1 fully saturated rings. The minimum atomic E-state index is -0.0211. The first-order valence-electron chi connectivity index (χ1n) is 10.3. The standard InChI is InChI=1S/C23H26N4O2S/c28-23(21-18-30-22(25-21)20-5-2-1-3-6-20)27(17-19-7-9-24-10-8-19)12-4-11-26-13-15-29-16-14-26/h1-3,5-10,18H,4,11-17H2. The second kappa shape index (κ2) is 10.4. The molecule has 1 amide bonds. The summed E-state index contributed by atoms with van der Waals surface area (Å²) in [7, 11) is 0. The SMILES string of the molecule is O=C(c1csc(-c2ccccc2)n1)N(CCCN1CCOCC1)Cc1ccncc1. The molecule has 0 N–H and O–H groups in total. The van der Waals surface area contributed by atoms with Gasteiger partial charge in [-0.05, 0) is 24.1 Å². The van der Waals surface area contributed by atoms with Crippen LogP contribution in [0.5, 0.6) is 0 Å². The number of morpholine rings is 1. The highest BCUT2D eigenvalue weighted by atomic mass is 32.1. The summed E-state index contributed by atoms with van der Waals surface area (Å²) in [4.78, 5) is 26.3. The Morgan fingerprint density at radius 3 is 2.63 bits per heavy atom. The first kappa shape index (κ1) is 20.7. The molecule has 3 aromatic rings. The minimum Gasteiger partial charge on any atom is -0.379 e. The van der Waals surface area contributed by atoms with Gasteiger partial charge in [-0.1, -0.05) is 30.3 Å². The van der Waals surface area contributed by atoms with Crippen LogP contribution in [-0.4, -0.2) is 65.1 Å². The van der Waals surface area contributed by atoms with Crippen LogP contribution in [0.2, 0.25) is 0 Å². The van der Waals surface area contributed by atoms with E-state index in [1.807, 2.05) is 52.7 Å². The van der Waals surface area contributed by atoms with E-state index in [1.165, 1.54) is 11.3 Å². The van der Waals surface area contributed by atoms with E-state index >= 15 is 0 Å². The summed E-state index contributed by atoms with van der Waals surface area (Å²) in [6.07, 6.45) is 4.46. The first-order valence-corrected chi connectivity index (χ1v) is 11.2. The second-order valence-corrected chi connectivity index (χ2v) is 8.15. The smallest absolute Gasteiger partial charge is 0.273 e. The number of ether oxygens (including phenoxy) is 1. The van der Waals surface area contributed by atoms with Crippen LogP contribution in [0.15, 0.2) is 60.2 Å². The highest BCUT2D eigenvalue weighted by Gasteiger charge is 2.20. The van der Waals surface area contributed by atoms with Crippen molar-refractivity contribution in [3.05, 3.63) is 71.5 Å². The van der Waals surface area contributed by atoms with Crippen molar-refractivity contribution in [3.63, 3.8) is 0 Å². The van der Waals surface area contributed by atoms with Crippen LogP contribution in [0, 0.1) is 0 Å². The summed E-state index contributed by atoms with van der Waals surface area (Å²) in [6, 6.07) is 13.9. The number of hydrogen-bond donors (Lipinski definition) is 0. The zero-order chi connectivity index (χ0) is 20.6. The lowest BCUT2D eigenvalue weighted by molar-refractivity contribution is 0.0355. The van der Waals surface area contributed by atoms with Crippen LogP contribution in [0.3, 0.4) is 0 Å². The Morgan fingerprint density at radius 1 is 1.10 bits per heavy atom. The van der Waals surface area contributed by atoms with Gasteiger partial charge in [-0.2, -0.15) is 0 Å². The van der Waals surface area contributed by atoms with E-state index in [9.17, 15) is 4.79 Å². The molecule has 0 aliphatic carbocycles. The largest absolute Gasteiger partial charge is 0.379 e. The predicted molar refractivity (Wildman–Crippen MR) is 118 cm³/mol. The molecule has 0 saturated carbocycles. The Hall–Kier alpha value is -2.61. The number of amides is 1. The van der Waals surface area contributed by atoms with Gasteiger partial charge in [0, 0.05) is 56.1 Å². The fraction of sp³-hybridized carbons (Fsp3) is 0.348. The Morgan fingerprint density at radius 2 is 1.87 bits per heavy atom. The fourth-order valence-corrected chi connectivity index (χ4v) is 4.32. The lowest BCUT2D eigenvalue weighted by Crippen LogP contribution is -2.39. The maximum Gasteiger partial charge on any atom is 0.273 e. The van der Waals surface area contributed by atoms with E-state index < -0.39 is 0 Å². The zero-order valence-electron chi connectivity index (χ0n) is 16.9. The van der Waals surface area contributed by atoms with Gasteiger partial charge in [-0.25, -0.2) is 4.98 Å². The molecule has 1 aliphatic heterocycles. The molecular weight excluding hydrogens is 396 g/mol. The monoisotopic (exact) mass is 422 g/mol. The van der Waals surface area contributed by atoms with Crippen molar-refractivity contribution in [2.24, 2.45) is 0 Å². The minimum absolute atomic E-state index is 0.0211. The van der Waals surface area contributed by atoms with Crippen LogP contribution in [0.25, 0.3) is 10.6 Å². The third-order valence-electron chi connectivity index (χ3n) is 5.16. The highest BCUT2D eigenvalue weighted by Crippen LogP contribution is 2.24. The quantitative estimate of drug-likeness (QED) is 0.555. The molecule has 1 aromatic carbocycles. The van der Waals surface area contributed by atoms with Crippen LogP contribution in [0.4, 0.5) is 0 Å². The van der Waals surface area contributed by atoms with Gasteiger partial charge in [0.15, 0.2) is 0 Å². The van der Waals surface area contributed by atoms with Crippen molar-refractivity contribution in [2.45, 2.75) is 13.0 Å². The summed E-state index contributed by atoms with van der Waals surface area (Å²) in [5, 5.41) is 2.74. The van der Waals surface area contributed by atoms with Gasteiger partial charge in [0.05, 0.1) is 13.2 Å². The van der Waals surface area contributed by atoms with Gasteiger partial charge in [-0.3, -0.25) is 14.7 Å². The predicted octanol–water partition coefficient (Wildman–Crippen LogP) is 3.57. The summed E-state index contributed by atoms with van der Waals surface area (Å²) >= 11 is 1.51. The van der Waals surface area contributed by atoms with Crippen molar-refractivity contribution >= 4 is 17.2 Å². The van der Waals surface area contributed by atoms with Gasteiger partial charge in [0.1, 0.15) is 10.7 Å². The van der Waals surface area contributed by atoms with Crippen molar-refractivity contribution in [1.29, 1.82) is 0 Å². The van der Waals surface area contributed by atoms with Crippen LogP contribution >= 0.6 is 11.3 Å². The zero-order valence-corrected chi connectivity index (χ0v) is 17.8. The Labute approximate surface area is 181 Å². The molecule has 3 heterocycles. The third kappa shape index (κ3) is 5.50. The van der Waals surface area contributed by atoms with E-state index in [-0.39, 0.29) is 5.91 Å². The lowest BCUT2D eigenvalue weighted by atomic mass is 10.2. The van der Waals surface area contributed by atoms with Gasteiger partial charge < -0.3 is 9.64 Å². The van der Waals surface area contributed by atoms with Crippen LogP contribution in [-0.2, 0) is 11.3 Å². The first-order chi connectivity index (χ1) is 14.8. The van der Waals surface area contributed by atoms with Crippen molar-refractivity contribution < 1.29 is 9.53 Å². The number of aromatic nitrogens is 2. The normalized spacial score (nSPS) is 14.5. The van der Waals surface area contributed by atoms with Gasteiger partial charge >= 0.3 is 0 Å². The Bertz CT molecular complexity index is 927. The molecule has 30 heavy (non-hydrogen) atoms. The van der Waals surface area contributed by atoms with Crippen LogP contribution < -0.4 is 0 Å². The summed E-state index contributed by atoms with van der Waals surface area (Å²) in [5.74, 6) is -0.0211. The number of nitrogens with zero attached hydrogens (tertiary/aromatic N) is 4. The molecule has 0 atom stereocenters. The van der Waals surface area contributed by atoms with E-state index in [1.54, 1.807) is 12.4 Å². The average molecular weight is 423 g/mol. The third-order valence-corrected chi connectivity index (χ3v) is 6.05. The number of hydrogen-bond acceptors (Lipinski definition) is 6. The number of pyridine rings is 1. The van der Waals surface area contributed by atoms with Crippen molar-refractivity contribution in [3.8, 4) is 10.6 Å². The fourth-order valence-electron chi connectivity index (χ4n) is 3.52. The molecule has 1 aliphatic rings. The van der Waals surface area contributed by atoms with Crippen LogP contribution in [0.1, 0.15) is 22.5 Å². The molecule has 7 heteroatoms. The molecule has 4 rings (SSSR count). The maximum atomic E-state index is 13.3. The topological polar surface area (TPSA) is 58.6 Å². The Balaban J connectivity index is 1.45. The molecule has 0 unspecified atom stereocenters. The molecule has 0 spiro atoms. The number of rotatable bonds is 8. The van der Waals surface area contributed by atoms with E-state index in [0.717, 1.165) is 55.4 Å². The average Bonchev–Trinajstić information content (AvgIpc) is 3.30. The second-order valence-electron chi connectivity index (χ2n) is 7.29. The number of benzene rings is 1. The summed E-state index contributed by atoms with van der Waals surface area (Å²) < 4.78 is 5.42. The van der Waals surface area contributed by atoms with Gasteiger partial charge in [0.2, 0.25) is 0 Å². The highest BCUT2D eigenvalue weighted by molar-refractivity contribution is 7.13. The summed E-state index contributed by atoms with van der Waals surface area (Å²) in [5.41, 5.74) is 2.62. The van der Waals surface area contributed by atoms with Gasteiger partial charge in [-0.15, -0.1) is 11.3 Å². The molecule has 2 aromatic heterocycles.